The van der Waals surface area contributed by atoms with Crippen LogP contribution in [-0.4, -0.2) is 32.8 Å². The van der Waals surface area contributed by atoms with Gasteiger partial charge in [-0.1, -0.05) is 55.7 Å². The van der Waals surface area contributed by atoms with Crippen LogP contribution >= 0.6 is 11.6 Å². The molecule has 3 N–H and O–H groups in total. The van der Waals surface area contributed by atoms with Crippen LogP contribution < -0.4 is 0 Å². The molecule has 0 amide bonds. The maximum Gasteiger partial charge on any atom is 0.303 e. The molecule has 0 heterocycles. The van der Waals surface area contributed by atoms with Gasteiger partial charge < -0.3 is 15.3 Å². The van der Waals surface area contributed by atoms with Crippen molar-refractivity contribution < 1.29 is 20.1 Å². The number of rotatable bonds is 9. The van der Waals surface area contributed by atoms with E-state index in [2.05, 4.69) is 6.08 Å². The Hall–Kier alpha value is -1.36. The summed E-state index contributed by atoms with van der Waals surface area (Å²) in [5.41, 5.74) is 2.05. The third-order valence-electron chi connectivity index (χ3n) is 6.90. The van der Waals surface area contributed by atoms with Gasteiger partial charge in [0.25, 0.3) is 0 Å². The molecule has 0 radical (unpaired) electrons. The molecule has 2 aliphatic carbocycles. The van der Waals surface area contributed by atoms with Crippen LogP contribution in [0.25, 0.3) is 0 Å². The Morgan fingerprint density at radius 1 is 1.13 bits per heavy atom. The van der Waals surface area contributed by atoms with Gasteiger partial charge in [0, 0.05) is 17.7 Å². The fraction of sp³-hybridized carbons (Fsp3) is 0.640. The van der Waals surface area contributed by atoms with Crippen molar-refractivity contribution in [3.05, 3.63) is 47.5 Å². The average Bonchev–Trinajstić information content (AvgIpc) is 3.03. The highest BCUT2D eigenvalue weighted by Crippen LogP contribution is 2.45. The summed E-state index contributed by atoms with van der Waals surface area (Å²) in [6, 6.07) is 8.13. The molecule has 5 heteroatoms. The van der Waals surface area contributed by atoms with Gasteiger partial charge in [-0.05, 0) is 61.5 Å². The summed E-state index contributed by atoms with van der Waals surface area (Å²) in [6.45, 7) is 0. The van der Waals surface area contributed by atoms with Gasteiger partial charge in [0.15, 0.2) is 0 Å². The summed E-state index contributed by atoms with van der Waals surface area (Å²) in [5.74, 6) is -0.281. The minimum Gasteiger partial charge on any atom is -0.481 e. The van der Waals surface area contributed by atoms with Crippen molar-refractivity contribution in [2.45, 2.75) is 87.7 Å². The van der Waals surface area contributed by atoms with Crippen molar-refractivity contribution in [3.8, 4) is 0 Å². The first-order valence-electron chi connectivity index (χ1n) is 11.4. The van der Waals surface area contributed by atoms with E-state index >= 15 is 0 Å². The van der Waals surface area contributed by atoms with E-state index < -0.39 is 18.2 Å². The zero-order chi connectivity index (χ0) is 21.5. The summed E-state index contributed by atoms with van der Waals surface area (Å²) < 4.78 is 0. The van der Waals surface area contributed by atoms with Crippen molar-refractivity contribution in [3.63, 3.8) is 0 Å². The van der Waals surface area contributed by atoms with Crippen LogP contribution in [0.1, 0.15) is 87.4 Å². The van der Waals surface area contributed by atoms with Crippen molar-refractivity contribution >= 4 is 17.6 Å². The Bertz CT molecular complexity index is 696. The Labute approximate surface area is 185 Å². The Morgan fingerprint density at radius 3 is 2.50 bits per heavy atom. The number of hydrogen-bond donors (Lipinski definition) is 3. The van der Waals surface area contributed by atoms with Gasteiger partial charge >= 0.3 is 5.97 Å². The van der Waals surface area contributed by atoms with Crippen molar-refractivity contribution in [2.24, 2.45) is 11.8 Å². The monoisotopic (exact) mass is 434 g/mol. The molecule has 0 bridgehead atoms. The Morgan fingerprint density at radius 2 is 1.83 bits per heavy atom. The number of unbranched alkanes of at least 4 members (excludes halogenated alkanes) is 1. The molecule has 0 saturated heterocycles. The van der Waals surface area contributed by atoms with E-state index in [0.29, 0.717) is 18.8 Å². The van der Waals surface area contributed by atoms with Crippen molar-refractivity contribution in [1.29, 1.82) is 0 Å². The number of alkyl halides is 1. The van der Waals surface area contributed by atoms with Crippen LogP contribution in [0.5, 0.6) is 0 Å². The van der Waals surface area contributed by atoms with Crippen molar-refractivity contribution in [1.82, 2.24) is 0 Å². The number of aliphatic carboxylic acids is 1. The minimum absolute atomic E-state index is 0.0166. The van der Waals surface area contributed by atoms with E-state index in [0.717, 1.165) is 36.8 Å². The highest BCUT2D eigenvalue weighted by atomic mass is 35.5. The fourth-order valence-corrected chi connectivity index (χ4v) is 5.65. The fourth-order valence-electron chi connectivity index (χ4n) is 5.21. The van der Waals surface area contributed by atoms with E-state index in [1.54, 1.807) is 0 Å². The number of aliphatic hydroxyl groups is 2. The van der Waals surface area contributed by atoms with Gasteiger partial charge in [0.05, 0.1) is 12.2 Å². The van der Waals surface area contributed by atoms with Crippen LogP contribution in [0.4, 0.5) is 0 Å². The molecule has 5 unspecified atom stereocenters. The summed E-state index contributed by atoms with van der Waals surface area (Å²) in [6.07, 6.45) is 12.0. The van der Waals surface area contributed by atoms with Crippen LogP contribution in [0.3, 0.4) is 0 Å². The SMILES string of the molecule is O=C(O)CCC/C=C/CC1C(Cl)CC(O)C1c1ccc(C(O)C2CCCCC2)cc1. The normalized spacial score (nSPS) is 28.8. The number of aliphatic hydroxyl groups excluding tert-OH is 2. The van der Waals surface area contributed by atoms with Crippen LogP contribution in [0.15, 0.2) is 36.4 Å². The van der Waals surface area contributed by atoms with E-state index in [9.17, 15) is 15.0 Å². The van der Waals surface area contributed by atoms with Gasteiger partial charge in [0.1, 0.15) is 0 Å². The second-order valence-corrected chi connectivity index (χ2v) is 9.57. The number of allylic oxidation sites excluding steroid dienone is 2. The largest absolute Gasteiger partial charge is 0.481 e. The number of benzene rings is 1. The molecule has 30 heavy (non-hydrogen) atoms. The number of carbonyl (C=O) groups is 1. The zero-order valence-electron chi connectivity index (χ0n) is 17.6. The molecule has 2 fully saturated rings. The maximum atomic E-state index is 10.8. The second kappa shape index (κ2) is 11.3. The Balaban J connectivity index is 1.61. The van der Waals surface area contributed by atoms with Gasteiger partial charge in [-0.25, -0.2) is 0 Å². The van der Waals surface area contributed by atoms with Gasteiger partial charge in [-0.3, -0.25) is 4.79 Å². The average molecular weight is 435 g/mol. The Kier molecular flexibility index (Phi) is 8.79. The quantitative estimate of drug-likeness (QED) is 0.269. The minimum atomic E-state index is -0.764. The maximum absolute atomic E-state index is 10.8. The summed E-state index contributed by atoms with van der Waals surface area (Å²) in [5, 5.41) is 30.0. The lowest BCUT2D eigenvalue weighted by Crippen LogP contribution is -2.19. The lowest BCUT2D eigenvalue weighted by molar-refractivity contribution is -0.137. The molecule has 166 valence electrons. The lowest BCUT2D eigenvalue weighted by Gasteiger charge is -2.27. The number of halogens is 1. The number of carboxylic acids is 1. The van der Waals surface area contributed by atoms with Gasteiger partial charge in [-0.2, -0.15) is 0 Å². The lowest BCUT2D eigenvalue weighted by atomic mass is 9.81. The molecule has 3 rings (SSSR count). The molecule has 1 aromatic carbocycles. The predicted molar refractivity (Wildman–Crippen MR) is 120 cm³/mol. The first-order chi connectivity index (χ1) is 14.5. The van der Waals surface area contributed by atoms with E-state index in [-0.39, 0.29) is 23.6 Å². The highest BCUT2D eigenvalue weighted by Gasteiger charge is 2.41. The molecule has 1 aromatic rings. The highest BCUT2D eigenvalue weighted by molar-refractivity contribution is 6.21. The molecule has 0 aliphatic heterocycles. The summed E-state index contributed by atoms with van der Waals surface area (Å²) >= 11 is 6.57. The van der Waals surface area contributed by atoms with Gasteiger partial charge in [0.2, 0.25) is 0 Å². The molecular weight excluding hydrogens is 400 g/mol. The third-order valence-corrected chi connectivity index (χ3v) is 7.40. The van der Waals surface area contributed by atoms with Crippen LogP contribution in [0, 0.1) is 11.8 Å². The first-order valence-corrected chi connectivity index (χ1v) is 11.9. The number of hydrogen-bond acceptors (Lipinski definition) is 3. The third kappa shape index (κ3) is 6.09. The van der Waals surface area contributed by atoms with Gasteiger partial charge in [-0.15, -0.1) is 11.6 Å². The second-order valence-electron chi connectivity index (χ2n) is 9.01. The number of carboxylic acid groups (broad SMARTS) is 1. The molecule has 0 spiro atoms. The standard InChI is InChI=1S/C25H35ClO4/c26-21-16-22(27)24(20(21)10-6-1-2-7-11-23(28)29)17-12-14-19(15-13-17)25(30)18-8-4-3-5-9-18/h1,6,12-15,18,20-22,24-25,27,30H,2-5,7-11,16H2,(H,28,29)/b6-1+. The molecular formula is C25H35ClO4. The molecule has 5 atom stereocenters. The first kappa shape index (κ1) is 23.3. The smallest absolute Gasteiger partial charge is 0.303 e. The summed E-state index contributed by atoms with van der Waals surface area (Å²) in [7, 11) is 0. The van der Waals surface area contributed by atoms with E-state index in [1.165, 1.54) is 19.3 Å². The predicted octanol–water partition coefficient (Wildman–Crippen LogP) is 5.57. The molecule has 4 nitrogen and oxygen atoms in total. The van der Waals surface area contributed by atoms with Crippen LogP contribution in [-0.2, 0) is 4.79 Å². The summed E-state index contributed by atoms with van der Waals surface area (Å²) in [4.78, 5) is 10.6. The van der Waals surface area contributed by atoms with E-state index in [1.807, 2.05) is 30.3 Å². The zero-order valence-corrected chi connectivity index (χ0v) is 18.4. The molecule has 2 saturated carbocycles. The van der Waals surface area contributed by atoms with Crippen LogP contribution in [0.2, 0.25) is 0 Å². The molecule has 2 aliphatic rings. The van der Waals surface area contributed by atoms with E-state index in [4.69, 9.17) is 16.7 Å². The molecule has 0 aromatic heterocycles. The topological polar surface area (TPSA) is 77.8 Å². The van der Waals surface area contributed by atoms with Crippen molar-refractivity contribution in [2.75, 3.05) is 0 Å².